The summed E-state index contributed by atoms with van der Waals surface area (Å²) in [5, 5.41) is 14.6. The Labute approximate surface area is 141 Å². The number of nitriles is 1. The molecule has 23 heavy (non-hydrogen) atoms. The summed E-state index contributed by atoms with van der Waals surface area (Å²) < 4.78 is 0. The summed E-state index contributed by atoms with van der Waals surface area (Å²) in [6.07, 6.45) is 0. The molecule has 0 bridgehead atoms. The van der Waals surface area contributed by atoms with E-state index in [1.807, 2.05) is 19.9 Å². The number of rotatable bonds is 6. The minimum absolute atomic E-state index is 0.0563. The largest absolute Gasteiger partial charge is 0.353 e. The van der Waals surface area contributed by atoms with Crippen LogP contribution in [0.1, 0.15) is 26.3 Å². The predicted molar refractivity (Wildman–Crippen MR) is 90.2 cm³/mol. The van der Waals surface area contributed by atoms with Crippen LogP contribution in [0.4, 0.5) is 5.69 Å². The standard InChI is InChI=1S/C16H21ClN4O2/c1-10(2)19-15(22)9-21(4)11(3)16(23)20-13-6-5-12(8-18)14(17)7-13/h5-7,10-11H,9H2,1-4H3,(H,19,22)(H,20,23)/t11-/m1/s1. The molecule has 0 radical (unpaired) electrons. The molecule has 7 heteroatoms. The highest BCUT2D eigenvalue weighted by Gasteiger charge is 2.20. The smallest absolute Gasteiger partial charge is 0.241 e. The molecule has 0 aliphatic heterocycles. The molecule has 0 saturated heterocycles. The lowest BCUT2D eigenvalue weighted by Gasteiger charge is -2.23. The summed E-state index contributed by atoms with van der Waals surface area (Å²) in [6, 6.07) is 6.19. The fraction of sp³-hybridized carbons (Fsp3) is 0.438. The van der Waals surface area contributed by atoms with E-state index in [0.717, 1.165) is 0 Å². The Morgan fingerprint density at radius 2 is 2.00 bits per heavy atom. The maximum Gasteiger partial charge on any atom is 0.241 e. The average molecular weight is 337 g/mol. The quantitative estimate of drug-likeness (QED) is 0.832. The number of halogens is 1. The van der Waals surface area contributed by atoms with Gasteiger partial charge in [-0.05, 0) is 46.0 Å². The van der Waals surface area contributed by atoms with E-state index in [1.54, 1.807) is 31.0 Å². The predicted octanol–water partition coefficient (Wildman–Crippen LogP) is 2.00. The maximum atomic E-state index is 12.2. The van der Waals surface area contributed by atoms with Gasteiger partial charge in [-0.15, -0.1) is 0 Å². The second kappa shape index (κ2) is 8.51. The molecule has 2 amide bonds. The first-order valence-electron chi connectivity index (χ1n) is 7.24. The number of nitrogens with zero attached hydrogens (tertiary/aromatic N) is 2. The first-order chi connectivity index (χ1) is 10.7. The summed E-state index contributed by atoms with van der Waals surface area (Å²) in [5.74, 6) is -0.394. The van der Waals surface area contributed by atoms with Crippen molar-refractivity contribution >= 4 is 29.1 Å². The molecule has 1 aromatic rings. The number of carbonyl (C=O) groups is 2. The first kappa shape index (κ1) is 18.9. The van der Waals surface area contributed by atoms with E-state index >= 15 is 0 Å². The van der Waals surface area contributed by atoms with Crippen LogP contribution in [0.2, 0.25) is 5.02 Å². The van der Waals surface area contributed by atoms with Crippen LogP contribution >= 0.6 is 11.6 Å². The minimum Gasteiger partial charge on any atom is -0.353 e. The lowest BCUT2D eigenvalue weighted by Crippen LogP contribution is -2.45. The van der Waals surface area contributed by atoms with E-state index in [0.29, 0.717) is 11.3 Å². The van der Waals surface area contributed by atoms with Gasteiger partial charge in [-0.25, -0.2) is 0 Å². The fourth-order valence-electron chi connectivity index (χ4n) is 1.86. The summed E-state index contributed by atoms with van der Waals surface area (Å²) in [5.41, 5.74) is 0.853. The summed E-state index contributed by atoms with van der Waals surface area (Å²) in [4.78, 5) is 25.6. The topological polar surface area (TPSA) is 85.2 Å². The fourth-order valence-corrected chi connectivity index (χ4v) is 2.08. The monoisotopic (exact) mass is 336 g/mol. The van der Waals surface area contributed by atoms with Crippen LogP contribution in [-0.2, 0) is 9.59 Å². The average Bonchev–Trinajstić information content (AvgIpc) is 2.45. The molecule has 6 nitrogen and oxygen atoms in total. The molecule has 0 saturated carbocycles. The third-order valence-electron chi connectivity index (χ3n) is 3.24. The zero-order valence-corrected chi connectivity index (χ0v) is 14.4. The molecule has 0 aromatic heterocycles. The van der Waals surface area contributed by atoms with E-state index in [-0.39, 0.29) is 29.4 Å². The Morgan fingerprint density at radius 3 is 2.52 bits per heavy atom. The van der Waals surface area contributed by atoms with Gasteiger partial charge < -0.3 is 10.6 Å². The Hall–Kier alpha value is -2.10. The second-order valence-corrected chi connectivity index (χ2v) is 6.02. The van der Waals surface area contributed by atoms with Crippen molar-refractivity contribution in [3.05, 3.63) is 28.8 Å². The molecule has 0 aliphatic carbocycles. The molecule has 0 aliphatic rings. The van der Waals surface area contributed by atoms with Crippen LogP contribution in [0, 0.1) is 11.3 Å². The Balaban J connectivity index is 2.64. The van der Waals surface area contributed by atoms with Gasteiger partial charge in [0.25, 0.3) is 0 Å². The molecule has 0 fully saturated rings. The number of hydrogen-bond donors (Lipinski definition) is 2. The summed E-state index contributed by atoms with van der Waals surface area (Å²) in [7, 11) is 1.70. The molecule has 0 spiro atoms. The highest BCUT2D eigenvalue weighted by Crippen LogP contribution is 2.20. The first-order valence-corrected chi connectivity index (χ1v) is 7.62. The van der Waals surface area contributed by atoms with E-state index in [1.165, 1.54) is 6.07 Å². The van der Waals surface area contributed by atoms with Gasteiger partial charge in [-0.3, -0.25) is 14.5 Å². The van der Waals surface area contributed by atoms with Gasteiger partial charge in [-0.1, -0.05) is 11.6 Å². The SMILES string of the molecule is CC(C)NC(=O)CN(C)[C@H](C)C(=O)Nc1ccc(C#N)c(Cl)c1. The highest BCUT2D eigenvalue weighted by atomic mass is 35.5. The molecular formula is C16H21ClN4O2. The van der Waals surface area contributed by atoms with E-state index in [2.05, 4.69) is 10.6 Å². The number of anilines is 1. The minimum atomic E-state index is -0.498. The Morgan fingerprint density at radius 1 is 1.35 bits per heavy atom. The van der Waals surface area contributed by atoms with Crippen molar-refractivity contribution < 1.29 is 9.59 Å². The van der Waals surface area contributed by atoms with Crippen molar-refractivity contribution in [3.63, 3.8) is 0 Å². The van der Waals surface area contributed by atoms with Crippen LogP contribution in [0.3, 0.4) is 0 Å². The van der Waals surface area contributed by atoms with Crippen LogP contribution in [0.15, 0.2) is 18.2 Å². The normalized spacial score (nSPS) is 11.9. The third kappa shape index (κ3) is 5.89. The highest BCUT2D eigenvalue weighted by molar-refractivity contribution is 6.32. The molecule has 0 unspecified atom stereocenters. The van der Waals surface area contributed by atoms with Crippen molar-refractivity contribution in [1.82, 2.24) is 10.2 Å². The van der Waals surface area contributed by atoms with Gasteiger partial charge in [0.15, 0.2) is 0 Å². The number of hydrogen-bond acceptors (Lipinski definition) is 4. The zero-order valence-electron chi connectivity index (χ0n) is 13.7. The van der Waals surface area contributed by atoms with Crippen LogP contribution in [0.5, 0.6) is 0 Å². The molecule has 1 atom stereocenters. The molecule has 0 heterocycles. The van der Waals surface area contributed by atoms with Crippen LogP contribution in [0.25, 0.3) is 0 Å². The van der Waals surface area contributed by atoms with E-state index in [9.17, 15) is 9.59 Å². The number of benzene rings is 1. The van der Waals surface area contributed by atoms with Gasteiger partial charge in [0, 0.05) is 11.7 Å². The lowest BCUT2D eigenvalue weighted by atomic mass is 10.2. The van der Waals surface area contributed by atoms with E-state index < -0.39 is 6.04 Å². The van der Waals surface area contributed by atoms with Gasteiger partial charge in [0.1, 0.15) is 6.07 Å². The second-order valence-electron chi connectivity index (χ2n) is 5.61. The maximum absolute atomic E-state index is 12.2. The van der Waals surface area contributed by atoms with Gasteiger partial charge in [-0.2, -0.15) is 5.26 Å². The number of likely N-dealkylation sites (N-methyl/N-ethyl adjacent to an activating group) is 1. The van der Waals surface area contributed by atoms with Gasteiger partial charge in [0.05, 0.1) is 23.2 Å². The molecular weight excluding hydrogens is 316 g/mol. The number of carbonyl (C=O) groups excluding carboxylic acids is 2. The molecule has 2 N–H and O–H groups in total. The number of nitrogens with one attached hydrogen (secondary N) is 2. The van der Waals surface area contributed by atoms with Crippen molar-refractivity contribution in [1.29, 1.82) is 5.26 Å². The Kier molecular flexibility index (Phi) is 7.01. The Bertz CT molecular complexity index is 625. The van der Waals surface area contributed by atoms with Gasteiger partial charge >= 0.3 is 0 Å². The molecule has 1 aromatic carbocycles. The van der Waals surface area contributed by atoms with Gasteiger partial charge in [0.2, 0.25) is 11.8 Å². The van der Waals surface area contributed by atoms with Crippen molar-refractivity contribution in [2.45, 2.75) is 32.9 Å². The zero-order chi connectivity index (χ0) is 17.6. The van der Waals surface area contributed by atoms with Crippen LogP contribution in [-0.4, -0.2) is 42.4 Å². The summed E-state index contributed by atoms with van der Waals surface area (Å²) >= 11 is 5.94. The third-order valence-corrected chi connectivity index (χ3v) is 3.55. The van der Waals surface area contributed by atoms with E-state index in [4.69, 9.17) is 16.9 Å². The van der Waals surface area contributed by atoms with Crippen LogP contribution < -0.4 is 10.6 Å². The van der Waals surface area contributed by atoms with Crippen molar-refractivity contribution in [2.24, 2.45) is 0 Å². The molecule has 124 valence electrons. The summed E-state index contributed by atoms with van der Waals surface area (Å²) in [6.45, 7) is 5.59. The number of amides is 2. The van der Waals surface area contributed by atoms with Crippen molar-refractivity contribution in [2.75, 3.05) is 18.9 Å². The van der Waals surface area contributed by atoms with Crippen molar-refractivity contribution in [3.8, 4) is 6.07 Å². The lowest BCUT2D eigenvalue weighted by molar-refractivity contribution is -0.125. The molecule has 1 rings (SSSR count).